The SMILES string of the molecule is C/C(=C/N)N(N)C1CCOCC1.CC. The molecule has 1 aliphatic heterocycles. The number of hydrogen-bond donors (Lipinski definition) is 2. The lowest BCUT2D eigenvalue weighted by Gasteiger charge is -2.32. The molecule has 0 radical (unpaired) electrons. The van der Waals surface area contributed by atoms with Gasteiger partial charge in [0.25, 0.3) is 0 Å². The van der Waals surface area contributed by atoms with Crippen LogP contribution in [0.2, 0.25) is 0 Å². The molecule has 4 nitrogen and oxygen atoms in total. The number of hydrogen-bond acceptors (Lipinski definition) is 4. The Balaban J connectivity index is 0.000000791. The highest BCUT2D eigenvalue weighted by Crippen LogP contribution is 2.14. The van der Waals surface area contributed by atoms with Gasteiger partial charge in [-0.25, -0.2) is 5.84 Å². The largest absolute Gasteiger partial charge is 0.403 e. The van der Waals surface area contributed by atoms with Crippen LogP contribution in [0.5, 0.6) is 0 Å². The van der Waals surface area contributed by atoms with Crippen LogP contribution in [0.1, 0.15) is 33.6 Å². The van der Waals surface area contributed by atoms with Gasteiger partial charge < -0.3 is 15.5 Å². The second-order valence-corrected chi connectivity index (χ2v) is 3.06. The molecule has 0 bridgehead atoms. The first-order valence-electron chi connectivity index (χ1n) is 5.26. The second-order valence-electron chi connectivity index (χ2n) is 3.06. The van der Waals surface area contributed by atoms with Crippen LogP contribution in [0.3, 0.4) is 0 Å². The monoisotopic (exact) mass is 201 g/mol. The highest BCUT2D eigenvalue weighted by molar-refractivity contribution is 4.95. The summed E-state index contributed by atoms with van der Waals surface area (Å²) in [5, 5.41) is 1.74. The summed E-state index contributed by atoms with van der Waals surface area (Å²) in [6.07, 6.45) is 3.51. The lowest BCUT2D eigenvalue weighted by atomic mass is 10.1. The van der Waals surface area contributed by atoms with E-state index in [1.165, 1.54) is 6.20 Å². The summed E-state index contributed by atoms with van der Waals surface area (Å²) in [5.41, 5.74) is 6.28. The van der Waals surface area contributed by atoms with Crippen molar-refractivity contribution in [2.24, 2.45) is 11.6 Å². The van der Waals surface area contributed by atoms with Crippen molar-refractivity contribution in [3.63, 3.8) is 0 Å². The maximum Gasteiger partial charge on any atom is 0.0493 e. The Morgan fingerprint density at radius 3 is 2.29 bits per heavy atom. The maximum absolute atomic E-state index is 5.83. The van der Waals surface area contributed by atoms with Crippen LogP contribution in [0.25, 0.3) is 0 Å². The molecule has 14 heavy (non-hydrogen) atoms. The average molecular weight is 201 g/mol. The van der Waals surface area contributed by atoms with E-state index in [0.29, 0.717) is 6.04 Å². The fourth-order valence-corrected chi connectivity index (χ4v) is 1.34. The second kappa shape index (κ2) is 7.64. The summed E-state index contributed by atoms with van der Waals surface area (Å²) in [4.78, 5) is 0. The maximum atomic E-state index is 5.83. The van der Waals surface area contributed by atoms with Crippen molar-refractivity contribution in [3.05, 3.63) is 11.9 Å². The molecular weight excluding hydrogens is 178 g/mol. The molecule has 1 aliphatic rings. The summed E-state index contributed by atoms with van der Waals surface area (Å²) in [6.45, 7) is 7.52. The normalized spacial score (nSPS) is 18.4. The van der Waals surface area contributed by atoms with Crippen molar-refractivity contribution in [1.29, 1.82) is 0 Å². The number of nitrogens with zero attached hydrogens (tertiary/aromatic N) is 1. The van der Waals surface area contributed by atoms with E-state index in [1.54, 1.807) is 5.01 Å². The first-order valence-corrected chi connectivity index (χ1v) is 5.26. The van der Waals surface area contributed by atoms with Crippen LogP contribution in [0.4, 0.5) is 0 Å². The van der Waals surface area contributed by atoms with Gasteiger partial charge in [-0.15, -0.1) is 0 Å². The van der Waals surface area contributed by atoms with Crippen molar-refractivity contribution in [1.82, 2.24) is 5.01 Å². The van der Waals surface area contributed by atoms with Gasteiger partial charge in [0.2, 0.25) is 0 Å². The third-order valence-electron chi connectivity index (χ3n) is 2.23. The third-order valence-corrected chi connectivity index (χ3v) is 2.23. The van der Waals surface area contributed by atoms with Gasteiger partial charge in [-0.2, -0.15) is 0 Å². The molecule has 0 amide bonds. The van der Waals surface area contributed by atoms with Crippen LogP contribution in [0, 0.1) is 0 Å². The molecule has 1 rings (SSSR count). The number of hydrazine groups is 1. The van der Waals surface area contributed by atoms with E-state index >= 15 is 0 Å². The molecule has 0 aromatic carbocycles. The summed E-state index contributed by atoms with van der Waals surface area (Å²) >= 11 is 0. The summed E-state index contributed by atoms with van der Waals surface area (Å²) in [5.74, 6) is 5.83. The molecule has 0 aromatic heterocycles. The zero-order valence-electron chi connectivity index (χ0n) is 9.49. The summed E-state index contributed by atoms with van der Waals surface area (Å²) in [7, 11) is 0. The van der Waals surface area contributed by atoms with E-state index in [2.05, 4.69) is 0 Å². The Morgan fingerprint density at radius 1 is 1.36 bits per heavy atom. The van der Waals surface area contributed by atoms with Crippen LogP contribution < -0.4 is 11.6 Å². The van der Waals surface area contributed by atoms with Crippen molar-refractivity contribution in [2.45, 2.75) is 39.7 Å². The minimum Gasteiger partial charge on any atom is -0.403 e. The molecule has 1 fully saturated rings. The molecule has 1 heterocycles. The predicted molar refractivity (Wildman–Crippen MR) is 59.2 cm³/mol. The highest BCUT2D eigenvalue weighted by atomic mass is 16.5. The van der Waals surface area contributed by atoms with Gasteiger partial charge in [0.1, 0.15) is 0 Å². The standard InChI is InChI=1S/C8H17N3O.C2H6/c1-7(6-9)11(10)8-2-4-12-5-3-8;1-2/h6,8H,2-5,9-10H2,1H3;1-2H3/b7-6-;. The molecule has 4 N–H and O–H groups in total. The van der Waals surface area contributed by atoms with E-state index in [1.807, 2.05) is 20.8 Å². The number of ether oxygens (including phenoxy) is 1. The number of allylic oxidation sites excluding steroid dienone is 1. The molecule has 0 spiro atoms. The van der Waals surface area contributed by atoms with Gasteiger partial charge in [-0.05, 0) is 19.8 Å². The quantitative estimate of drug-likeness (QED) is 0.520. The van der Waals surface area contributed by atoms with Gasteiger partial charge in [0.15, 0.2) is 0 Å². The molecule has 0 aromatic rings. The number of nitrogens with two attached hydrogens (primary N) is 2. The minimum atomic E-state index is 0.388. The fraction of sp³-hybridized carbons (Fsp3) is 0.800. The molecule has 1 saturated heterocycles. The van der Waals surface area contributed by atoms with Crippen LogP contribution in [0.15, 0.2) is 11.9 Å². The Kier molecular flexibility index (Phi) is 7.24. The topological polar surface area (TPSA) is 64.5 Å². The first kappa shape index (κ1) is 13.3. The van der Waals surface area contributed by atoms with Crippen LogP contribution in [-0.4, -0.2) is 24.3 Å². The molecule has 84 valence electrons. The molecule has 4 heteroatoms. The average Bonchev–Trinajstić information content (AvgIpc) is 2.31. The lowest BCUT2D eigenvalue weighted by molar-refractivity contribution is 0.0454. The van der Waals surface area contributed by atoms with Crippen molar-refractivity contribution in [2.75, 3.05) is 13.2 Å². The Bertz CT molecular complexity index is 165. The Labute approximate surface area is 86.9 Å². The van der Waals surface area contributed by atoms with E-state index in [9.17, 15) is 0 Å². The lowest BCUT2D eigenvalue weighted by Crippen LogP contribution is -2.43. The molecule has 0 aliphatic carbocycles. The van der Waals surface area contributed by atoms with Crippen molar-refractivity contribution >= 4 is 0 Å². The Morgan fingerprint density at radius 2 is 1.86 bits per heavy atom. The third kappa shape index (κ3) is 3.98. The van der Waals surface area contributed by atoms with Crippen LogP contribution >= 0.6 is 0 Å². The molecule has 0 saturated carbocycles. The van der Waals surface area contributed by atoms with E-state index in [4.69, 9.17) is 16.3 Å². The van der Waals surface area contributed by atoms with E-state index < -0.39 is 0 Å². The van der Waals surface area contributed by atoms with Gasteiger partial charge in [-0.3, -0.25) is 0 Å². The van der Waals surface area contributed by atoms with Crippen molar-refractivity contribution in [3.8, 4) is 0 Å². The van der Waals surface area contributed by atoms with Gasteiger partial charge >= 0.3 is 0 Å². The van der Waals surface area contributed by atoms with E-state index in [-0.39, 0.29) is 0 Å². The van der Waals surface area contributed by atoms with Gasteiger partial charge in [0.05, 0.1) is 0 Å². The summed E-state index contributed by atoms with van der Waals surface area (Å²) in [6, 6.07) is 0.388. The minimum absolute atomic E-state index is 0.388. The van der Waals surface area contributed by atoms with E-state index in [0.717, 1.165) is 31.8 Å². The zero-order valence-corrected chi connectivity index (χ0v) is 9.49. The molecular formula is C10H23N3O. The van der Waals surface area contributed by atoms with Gasteiger partial charge in [0, 0.05) is 31.2 Å². The Hall–Kier alpha value is -0.740. The highest BCUT2D eigenvalue weighted by Gasteiger charge is 2.18. The smallest absolute Gasteiger partial charge is 0.0493 e. The zero-order chi connectivity index (χ0) is 11.0. The predicted octanol–water partition coefficient (Wildman–Crippen LogP) is 1.19. The first-order chi connectivity index (χ1) is 6.75. The molecule has 0 atom stereocenters. The number of rotatable bonds is 2. The fourth-order valence-electron chi connectivity index (χ4n) is 1.34. The molecule has 0 unspecified atom stereocenters. The van der Waals surface area contributed by atoms with Crippen LogP contribution in [-0.2, 0) is 4.74 Å². The summed E-state index contributed by atoms with van der Waals surface area (Å²) < 4.78 is 5.23. The van der Waals surface area contributed by atoms with Crippen molar-refractivity contribution < 1.29 is 4.74 Å². The van der Waals surface area contributed by atoms with Gasteiger partial charge in [-0.1, -0.05) is 13.8 Å².